The number of aromatic amines is 1. The van der Waals surface area contributed by atoms with Crippen LogP contribution in [0.2, 0.25) is 0 Å². The molecule has 1 aromatic heterocycles. The van der Waals surface area contributed by atoms with Gasteiger partial charge in [-0.05, 0) is 29.3 Å². The fraction of sp³-hybridized carbons (Fsp3) is 0.318. The molecule has 0 unspecified atom stereocenters. The third kappa shape index (κ3) is 3.81. The zero-order valence-electron chi connectivity index (χ0n) is 16.5. The van der Waals surface area contributed by atoms with Crippen LogP contribution < -0.4 is 10.2 Å². The van der Waals surface area contributed by atoms with Crippen molar-refractivity contribution in [2.75, 3.05) is 25.5 Å². The van der Waals surface area contributed by atoms with Crippen LogP contribution in [0.3, 0.4) is 0 Å². The van der Waals surface area contributed by atoms with E-state index in [2.05, 4.69) is 40.6 Å². The fourth-order valence-corrected chi connectivity index (χ4v) is 3.82. The molecule has 0 aliphatic heterocycles. The van der Waals surface area contributed by atoms with Crippen LogP contribution in [0.4, 0.5) is 5.69 Å². The Morgan fingerprint density at radius 3 is 2.62 bits per heavy atom. The minimum absolute atomic E-state index is 0.0564. The molecule has 1 saturated carbocycles. The second-order valence-electron chi connectivity index (χ2n) is 7.77. The molecule has 2 N–H and O–H groups in total. The van der Waals surface area contributed by atoms with Gasteiger partial charge in [-0.3, -0.25) is 14.9 Å². The molecule has 1 aliphatic carbocycles. The molecule has 1 aliphatic rings. The maximum atomic E-state index is 12.4. The number of benzene rings is 2. The van der Waals surface area contributed by atoms with E-state index in [0.717, 1.165) is 27.7 Å². The summed E-state index contributed by atoms with van der Waals surface area (Å²) in [6.07, 6.45) is 2.31. The molecule has 0 radical (unpaired) electrons. The van der Waals surface area contributed by atoms with E-state index in [1.807, 2.05) is 43.4 Å². The summed E-state index contributed by atoms with van der Waals surface area (Å²) < 4.78 is 0. The van der Waals surface area contributed by atoms with E-state index in [0.29, 0.717) is 13.0 Å². The lowest BCUT2D eigenvalue weighted by molar-refractivity contribution is -0.497. The lowest BCUT2D eigenvalue weighted by atomic mass is 9.90. The summed E-state index contributed by atoms with van der Waals surface area (Å²) in [5, 5.41) is 14.9. The van der Waals surface area contributed by atoms with Crippen LogP contribution in [-0.2, 0) is 4.79 Å². The molecule has 1 fully saturated rings. The average Bonchev–Trinajstić information content (AvgIpc) is 3.43. The Labute approximate surface area is 168 Å². The number of anilines is 1. The van der Waals surface area contributed by atoms with Gasteiger partial charge in [0.2, 0.25) is 11.9 Å². The fourth-order valence-electron chi connectivity index (χ4n) is 3.82. The van der Waals surface area contributed by atoms with Gasteiger partial charge in [-0.2, -0.15) is 0 Å². The molecular weight excluding hydrogens is 368 g/mol. The van der Waals surface area contributed by atoms with Gasteiger partial charge in [0, 0.05) is 60.7 Å². The van der Waals surface area contributed by atoms with Gasteiger partial charge in [0.1, 0.15) is 5.92 Å². The quantitative estimate of drug-likeness (QED) is 0.477. The number of rotatable bonds is 7. The predicted molar refractivity (Wildman–Crippen MR) is 113 cm³/mol. The van der Waals surface area contributed by atoms with Crippen LogP contribution in [0.15, 0.2) is 54.7 Å². The molecule has 7 heteroatoms. The van der Waals surface area contributed by atoms with Gasteiger partial charge in [0.15, 0.2) is 0 Å². The molecule has 150 valence electrons. The number of nitrogens with one attached hydrogen (secondary N) is 2. The summed E-state index contributed by atoms with van der Waals surface area (Å²) >= 11 is 0. The van der Waals surface area contributed by atoms with Crippen molar-refractivity contribution in [2.45, 2.75) is 18.4 Å². The van der Waals surface area contributed by atoms with Crippen molar-refractivity contribution in [1.29, 1.82) is 0 Å². The summed E-state index contributed by atoms with van der Waals surface area (Å²) in [5.74, 6) is -0.801. The van der Waals surface area contributed by atoms with Gasteiger partial charge >= 0.3 is 0 Å². The Morgan fingerprint density at radius 2 is 1.97 bits per heavy atom. The molecule has 0 saturated heterocycles. The smallest absolute Gasteiger partial charge is 0.230 e. The van der Waals surface area contributed by atoms with E-state index in [4.69, 9.17) is 0 Å². The number of H-pyrrole nitrogens is 1. The number of amides is 1. The molecule has 2 aromatic carbocycles. The number of hydrogen-bond donors (Lipinski definition) is 2. The Bertz CT molecular complexity index is 1040. The highest BCUT2D eigenvalue weighted by Gasteiger charge is 2.53. The zero-order valence-corrected chi connectivity index (χ0v) is 16.5. The van der Waals surface area contributed by atoms with Crippen LogP contribution in [0.1, 0.15) is 23.5 Å². The Balaban J connectivity index is 1.60. The molecule has 3 atom stereocenters. The molecule has 4 rings (SSSR count). The highest BCUT2D eigenvalue weighted by Crippen LogP contribution is 2.34. The average molecular weight is 392 g/mol. The Hall–Kier alpha value is -3.35. The topological polar surface area (TPSA) is 91.3 Å². The maximum absolute atomic E-state index is 12.4. The minimum atomic E-state index is -0.735. The summed E-state index contributed by atoms with van der Waals surface area (Å²) in [6.45, 7) is 0.392. The van der Waals surface area contributed by atoms with Crippen LogP contribution in [0, 0.1) is 16.0 Å². The maximum Gasteiger partial charge on any atom is 0.230 e. The Morgan fingerprint density at radius 1 is 1.24 bits per heavy atom. The predicted octanol–water partition coefficient (Wildman–Crippen LogP) is 3.15. The molecule has 0 spiro atoms. The largest absolute Gasteiger partial charge is 0.378 e. The van der Waals surface area contributed by atoms with E-state index < -0.39 is 12.0 Å². The number of aromatic nitrogens is 1. The van der Waals surface area contributed by atoms with Crippen molar-refractivity contribution in [3.05, 3.63) is 76.0 Å². The summed E-state index contributed by atoms with van der Waals surface area (Å²) in [4.78, 5) is 28.3. The molecule has 1 amide bonds. The lowest BCUT2D eigenvalue weighted by Gasteiger charge is -2.20. The second-order valence-corrected chi connectivity index (χ2v) is 7.77. The van der Waals surface area contributed by atoms with Crippen molar-refractivity contribution in [2.24, 2.45) is 5.92 Å². The first-order chi connectivity index (χ1) is 14.0. The van der Waals surface area contributed by atoms with E-state index in [1.165, 1.54) is 0 Å². The van der Waals surface area contributed by atoms with Gasteiger partial charge in [-0.1, -0.05) is 30.3 Å². The van der Waals surface area contributed by atoms with Crippen molar-refractivity contribution >= 4 is 22.5 Å². The minimum Gasteiger partial charge on any atom is -0.378 e. The van der Waals surface area contributed by atoms with Crippen molar-refractivity contribution in [3.8, 4) is 0 Å². The van der Waals surface area contributed by atoms with Gasteiger partial charge in [0.25, 0.3) is 0 Å². The van der Waals surface area contributed by atoms with Crippen LogP contribution in [0.5, 0.6) is 0 Å². The standard InChI is InChI=1S/C22H24N4O3/c1-25(2)15-9-7-14(8-10-15)18(12-24-22(27)17-11-21(17)26(28)29)19-13-23-20-6-4-3-5-16(19)20/h3-10,13,17-18,21,23H,11-12H2,1-2H3,(H,24,27)/t17-,18-,21-/m0/s1. The first-order valence-corrected chi connectivity index (χ1v) is 9.70. The van der Waals surface area contributed by atoms with Gasteiger partial charge in [-0.15, -0.1) is 0 Å². The van der Waals surface area contributed by atoms with Crippen LogP contribution in [-0.4, -0.2) is 42.5 Å². The third-order valence-corrected chi connectivity index (χ3v) is 5.65. The number of carbonyl (C=O) groups excluding carboxylic acids is 1. The van der Waals surface area contributed by atoms with Crippen molar-refractivity contribution in [1.82, 2.24) is 10.3 Å². The first kappa shape index (κ1) is 19.0. The van der Waals surface area contributed by atoms with E-state index in [-0.39, 0.29) is 16.7 Å². The van der Waals surface area contributed by atoms with E-state index >= 15 is 0 Å². The number of carbonyl (C=O) groups is 1. The summed E-state index contributed by atoms with van der Waals surface area (Å²) in [7, 11) is 3.99. The lowest BCUT2D eigenvalue weighted by Crippen LogP contribution is -2.31. The number of nitro groups is 1. The molecule has 0 bridgehead atoms. The van der Waals surface area contributed by atoms with E-state index in [9.17, 15) is 14.9 Å². The van der Waals surface area contributed by atoms with E-state index in [1.54, 1.807) is 0 Å². The van der Waals surface area contributed by atoms with Crippen molar-refractivity contribution in [3.63, 3.8) is 0 Å². The monoisotopic (exact) mass is 392 g/mol. The molecular formula is C22H24N4O3. The molecule has 1 heterocycles. The molecule has 3 aromatic rings. The second kappa shape index (κ2) is 7.58. The number of fused-ring (bicyclic) bond motifs is 1. The molecule has 29 heavy (non-hydrogen) atoms. The SMILES string of the molecule is CN(C)c1ccc([C@H](CNC(=O)[C@H]2C[C@@H]2[N+](=O)[O-])c2c[nH]c3ccccc23)cc1. The van der Waals surface area contributed by atoms with Crippen molar-refractivity contribution < 1.29 is 9.72 Å². The molecule has 7 nitrogen and oxygen atoms in total. The number of nitrogens with zero attached hydrogens (tertiary/aromatic N) is 2. The van der Waals surface area contributed by atoms with Crippen LogP contribution in [0.25, 0.3) is 10.9 Å². The highest BCUT2D eigenvalue weighted by molar-refractivity contribution is 5.85. The Kier molecular flexibility index (Phi) is 4.96. The van der Waals surface area contributed by atoms with Gasteiger partial charge in [-0.25, -0.2) is 0 Å². The van der Waals surface area contributed by atoms with Gasteiger partial charge < -0.3 is 15.2 Å². The third-order valence-electron chi connectivity index (χ3n) is 5.65. The summed E-state index contributed by atoms with van der Waals surface area (Å²) in [5.41, 5.74) is 4.32. The number of para-hydroxylation sites is 1. The number of hydrogen-bond acceptors (Lipinski definition) is 4. The van der Waals surface area contributed by atoms with Crippen LogP contribution >= 0.6 is 0 Å². The summed E-state index contributed by atoms with van der Waals surface area (Å²) in [6, 6.07) is 15.6. The van der Waals surface area contributed by atoms with Gasteiger partial charge in [0.05, 0.1) is 0 Å². The zero-order chi connectivity index (χ0) is 20.5. The normalized spacial score (nSPS) is 19.0. The highest BCUT2D eigenvalue weighted by atomic mass is 16.6. The first-order valence-electron chi connectivity index (χ1n) is 9.70.